The van der Waals surface area contributed by atoms with Gasteiger partial charge in [0.1, 0.15) is 5.75 Å². The van der Waals surface area contributed by atoms with Gasteiger partial charge in [-0.05, 0) is 49.2 Å². The molecule has 1 amide bonds. The number of hydrogen-bond donors (Lipinski definition) is 1. The van der Waals surface area contributed by atoms with E-state index in [-0.39, 0.29) is 5.91 Å². The summed E-state index contributed by atoms with van der Waals surface area (Å²) in [5, 5.41) is 2.82. The largest absolute Gasteiger partial charge is 0.494 e. The molecule has 1 N–H and O–H groups in total. The van der Waals surface area contributed by atoms with Crippen LogP contribution in [-0.2, 0) is 16.0 Å². The summed E-state index contributed by atoms with van der Waals surface area (Å²) in [5.41, 5.74) is 2.10. The van der Waals surface area contributed by atoms with E-state index in [1.165, 1.54) is 7.11 Å². The molecule has 0 unspecified atom stereocenters. The number of rotatable bonds is 7. The van der Waals surface area contributed by atoms with Crippen molar-refractivity contribution in [3.05, 3.63) is 59.7 Å². The Bertz CT molecular complexity index is 695. The van der Waals surface area contributed by atoms with Gasteiger partial charge in [-0.15, -0.1) is 0 Å². The molecule has 2 aromatic rings. The minimum Gasteiger partial charge on any atom is -0.494 e. The van der Waals surface area contributed by atoms with Gasteiger partial charge < -0.3 is 14.8 Å². The predicted molar refractivity (Wildman–Crippen MR) is 92.3 cm³/mol. The fraction of sp³-hybridized carbons (Fsp3) is 0.263. The van der Waals surface area contributed by atoms with E-state index in [9.17, 15) is 9.59 Å². The number of benzene rings is 2. The minimum atomic E-state index is -0.402. The summed E-state index contributed by atoms with van der Waals surface area (Å²) in [6, 6.07) is 14.3. The summed E-state index contributed by atoms with van der Waals surface area (Å²) >= 11 is 0. The van der Waals surface area contributed by atoms with Crippen LogP contribution in [-0.4, -0.2) is 25.6 Å². The highest BCUT2D eigenvalue weighted by Gasteiger charge is 2.08. The molecule has 0 spiro atoms. The van der Waals surface area contributed by atoms with Crippen LogP contribution in [0.25, 0.3) is 0 Å². The molecule has 2 rings (SSSR count). The average molecular weight is 327 g/mol. The molecule has 5 nitrogen and oxygen atoms in total. The molecule has 0 aliphatic rings. The molecule has 0 saturated carbocycles. The van der Waals surface area contributed by atoms with Crippen molar-refractivity contribution in [3.8, 4) is 5.75 Å². The molecule has 0 heterocycles. The molecule has 0 saturated heterocycles. The van der Waals surface area contributed by atoms with E-state index in [4.69, 9.17) is 4.74 Å². The minimum absolute atomic E-state index is 0.0906. The number of methoxy groups -OCH3 is 1. The van der Waals surface area contributed by atoms with Crippen molar-refractivity contribution in [1.29, 1.82) is 0 Å². The molecule has 126 valence electrons. The molecule has 2 aromatic carbocycles. The standard InChI is InChI=1S/C19H21NO4/c1-3-24-17-7-5-4-6-14(17)10-13-18(21)20-16-11-8-15(9-12-16)19(22)23-2/h4-9,11-12H,3,10,13H2,1-2H3,(H,20,21). The highest BCUT2D eigenvalue weighted by Crippen LogP contribution is 2.20. The molecular formula is C19H21NO4. The summed E-state index contributed by atoms with van der Waals surface area (Å²) in [7, 11) is 1.33. The van der Waals surface area contributed by atoms with Crippen LogP contribution in [0, 0.1) is 0 Å². The number of amides is 1. The number of anilines is 1. The zero-order valence-electron chi connectivity index (χ0n) is 13.9. The van der Waals surface area contributed by atoms with Crippen molar-refractivity contribution in [2.45, 2.75) is 19.8 Å². The van der Waals surface area contributed by atoms with Gasteiger partial charge in [0.05, 0.1) is 19.3 Å². The van der Waals surface area contributed by atoms with Gasteiger partial charge in [-0.25, -0.2) is 4.79 Å². The Hall–Kier alpha value is -2.82. The fourth-order valence-corrected chi connectivity index (χ4v) is 2.29. The summed E-state index contributed by atoms with van der Waals surface area (Å²) in [6.45, 7) is 2.53. The predicted octanol–water partition coefficient (Wildman–Crippen LogP) is 3.44. The van der Waals surface area contributed by atoms with Crippen LogP contribution in [0.4, 0.5) is 5.69 Å². The van der Waals surface area contributed by atoms with Crippen LogP contribution >= 0.6 is 0 Å². The maximum absolute atomic E-state index is 12.1. The van der Waals surface area contributed by atoms with Gasteiger partial charge in [0, 0.05) is 12.1 Å². The third kappa shape index (κ3) is 4.84. The van der Waals surface area contributed by atoms with Gasteiger partial charge in [0.15, 0.2) is 0 Å². The van der Waals surface area contributed by atoms with E-state index in [1.54, 1.807) is 24.3 Å². The highest BCUT2D eigenvalue weighted by molar-refractivity contribution is 5.93. The smallest absolute Gasteiger partial charge is 0.337 e. The first-order valence-electron chi connectivity index (χ1n) is 7.83. The van der Waals surface area contributed by atoms with Gasteiger partial charge in [0.2, 0.25) is 5.91 Å². The Kier molecular flexibility index (Phi) is 6.37. The maximum atomic E-state index is 12.1. The number of carbonyl (C=O) groups excluding carboxylic acids is 2. The molecule has 0 aliphatic heterocycles. The highest BCUT2D eigenvalue weighted by atomic mass is 16.5. The molecule has 0 bridgehead atoms. The van der Waals surface area contributed by atoms with Gasteiger partial charge in [-0.3, -0.25) is 4.79 Å². The lowest BCUT2D eigenvalue weighted by Gasteiger charge is -2.10. The van der Waals surface area contributed by atoms with E-state index >= 15 is 0 Å². The Morgan fingerprint density at radius 1 is 1.04 bits per heavy atom. The zero-order valence-corrected chi connectivity index (χ0v) is 13.9. The average Bonchev–Trinajstić information content (AvgIpc) is 2.61. The molecule has 0 fully saturated rings. The number of nitrogens with one attached hydrogen (secondary N) is 1. The summed E-state index contributed by atoms with van der Waals surface area (Å²) in [5.74, 6) is 0.322. The van der Waals surface area contributed by atoms with Crippen LogP contribution in [0.3, 0.4) is 0 Å². The second-order valence-corrected chi connectivity index (χ2v) is 5.16. The van der Waals surface area contributed by atoms with E-state index in [1.807, 2.05) is 31.2 Å². The summed E-state index contributed by atoms with van der Waals surface area (Å²) < 4.78 is 10.2. The maximum Gasteiger partial charge on any atom is 0.337 e. The van der Waals surface area contributed by atoms with E-state index in [2.05, 4.69) is 10.1 Å². The van der Waals surface area contributed by atoms with Gasteiger partial charge in [-0.2, -0.15) is 0 Å². The van der Waals surface area contributed by atoms with Gasteiger partial charge >= 0.3 is 5.97 Å². The van der Waals surface area contributed by atoms with Gasteiger partial charge in [0.25, 0.3) is 0 Å². The normalized spacial score (nSPS) is 10.1. The first-order chi connectivity index (χ1) is 11.6. The van der Waals surface area contributed by atoms with Crippen LogP contribution in [0.5, 0.6) is 5.75 Å². The Morgan fingerprint density at radius 2 is 1.75 bits per heavy atom. The summed E-state index contributed by atoms with van der Waals surface area (Å²) in [6.07, 6.45) is 0.949. The van der Waals surface area contributed by atoms with Crippen molar-refractivity contribution in [2.24, 2.45) is 0 Å². The molecular weight excluding hydrogens is 306 g/mol. The van der Waals surface area contributed by atoms with Crippen molar-refractivity contribution >= 4 is 17.6 Å². The van der Waals surface area contributed by atoms with E-state index in [0.717, 1.165) is 11.3 Å². The monoisotopic (exact) mass is 327 g/mol. The lowest BCUT2D eigenvalue weighted by molar-refractivity contribution is -0.116. The van der Waals surface area contributed by atoms with Crippen molar-refractivity contribution in [2.75, 3.05) is 19.0 Å². The molecule has 0 aromatic heterocycles. The molecule has 5 heteroatoms. The van der Waals surface area contributed by atoms with Gasteiger partial charge in [-0.1, -0.05) is 18.2 Å². The molecule has 0 aliphatic carbocycles. The third-order valence-electron chi connectivity index (χ3n) is 3.48. The van der Waals surface area contributed by atoms with Crippen molar-refractivity contribution in [1.82, 2.24) is 0 Å². The van der Waals surface area contributed by atoms with Crippen molar-refractivity contribution in [3.63, 3.8) is 0 Å². The van der Waals surface area contributed by atoms with Crippen LogP contribution in [0.1, 0.15) is 29.3 Å². The molecule has 0 atom stereocenters. The lowest BCUT2D eigenvalue weighted by atomic mass is 10.1. The van der Waals surface area contributed by atoms with E-state index in [0.29, 0.717) is 30.7 Å². The number of esters is 1. The third-order valence-corrected chi connectivity index (χ3v) is 3.48. The summed E-state index contributed by atoms with van der Waals surface area (Å²) in [4.78, 5) is 23.5. The van der Waals surface area contributed by atoms with Crippen LogP contribution < -0.4 is 10.1 Å². The fourth-order valence-electron chi connectivity index (χ4n) is 2.29. The number of para-hydroxylation sites is 1. The molecule has 0 radical (unpaired) electrons. The number of carbonyl (C=O) groups is 2. The van der Waals surface area contributed by atoms with Crippen LogP contribution in [0.2, 0.25) is 0 Å². The first kappa shape index (κ1) is 17.5. The SMILES string of the molecule is CCOc1ccccc1CCC(=O)Nc1ccc(C(=O)OC)cc1. The Labute approximate surface area is 141 Å². The Balaban J connectivity index is 1.91. The number of hydrogen-bond acceptors (Lipinski definition) is 4. The Morgan fingerprint density at radius 3 is 2.42 bits per heavy atom. The number of aryl methyl sites for hydroxylation is 1. The zero-order chi connectivity index (χ0) is 17.4. The topological polar surface area (TPSA) is 64.6 Å². The second kappa shape index (κ2) is 8.72. The number of ether oxygens (including phenoxy) is 2. The lowest BCUT2D eigenvalue weighted by Crippen LogP contribution is -2.13. The van der Waals surface area contributed by atoms with Crippen LogP contribution in [0.15, 0.2) is 48.5 Å². The first-order valence-corrected chi connectivity index (χ1v) is 7.83. The second-order valence-electron chi connectivity index (χ2n) is 5.16. The quantitative estimate of drug-likeness (QED) is 0.791. The molecule has 24 heavy (non-hydrogen) atoms. The van der Waals surface area contributed by atoms with E-state index < -0.39 is 5.97 Å². The van der Waals surface area contributed by atoms with Crippen molar-refractivity contribution < 1.29 is 19.1 Å².